The molecule has 0 aliphatic heterocycles. The van der Waals surface area contributed by atoms with Crippen molar-refractivity contribution in [3.05, 3.63) is 58.3 Å². The molecular formula is C22H25N5OS3. The summed E-state index contributed by atoms with van der Waals surface area (Å²) in [4.78, 5) is 15.5. The van der Waals surface area contributed by atoms with E-state index in [1.165, 1.54) is 10.4 Å². The quantitative estimate of drug-likeness (QED) is 0.203. The van der Waals surface area contributed by atoms with E-state index in [-0.39, 0.29) is 12.6 Å². The van der Waals surface area contributed by atoms with Crippen molar-refractivity contribution in [3.8, 4) is 0 Å². The minimum absolute atomic E-state index is 0.0533. The van der Waals surface area contributed by atoms with Gasteiger partial charge in [-0.3, -0.25) is 0 Å². The summed E-state index contributed by atoms with van der Waals surface area (Å²) in [7, 11) is 0. The fraction of sp³-hybridized carbons (Fsp3) is 0.318. The van der Waals surface area contributed by atoms with Gasteiger partial charge in [0.05, 0.1) is 12.6 Å². The number of thioether (sulfide) groups is 1. The number of hydrogen-bond acceptors (Lipinski definition) is 9. The van der Waals surface area contributed by atoms with Crippen LogP contribution in [0.1, 0.15) is 23.8 Å². The second-order valence-corrected chi connectivity index (χ2v) is 9.96. The minimum atomic E-state index is -0.0533. The second kappa shape index (κ2) is 10.9. The topological polar surface area (TPSA) is 83.0 Å². The molecule has 1 atom stereocenters. The Morgan fingerprint density at radius 2 is 1.97 bits per heavy atom. The van der Waals surface area contributed by atoms with Crippen LogP contribution in [0.4, 0.5) is 10.9 Å². The van der Waals surface area contributed by atoms with Gasteiger partial charge in [-0.2, -0.15) is 4.98 Å². The van der Waals surface area contributed by atoms with Crippen molar-refractivity contribution < 1.29 is 5.11 Å². The number of aliphatic hydroxyl groups is 1. The second-order valence-electron chi connectivity index (χ2n) is 6.99. The first kappa shape index (κ1) is 22.0. The highest BCUT2D eigenvalue weighted by Crippen LogP contribution is 2.33. The Balaban J connectivity index is 1.54. The molecule has 0 aliphatic carbocycles. The lowest BCUT2D eigenvalue weighted by molar-refractivity contribution is 0.271. The first-order valence-electron chi connectivity index (χ1n) is 10.2. The van der Waals surface area contributed by atoms with Gasteiger partial charge in [-0.15, -0.1) is 11.3 Å². The number of hydrogen-bond donors (Lipinski definition) is 3. The largest absolute Gasteiger partial charge is 0.394 e. The Morgan fingerprint density at radius 1 is 1.10 bits per heavy atom. The van der Waals surface area contributed by atoms with Crippen LogP contribution in [0.2, 0.25) is 0 Å². The third-order valence-electron chi connectivity index (χ3n) is 4.73. The van der Waals surface area contributed by atoms with E-state index >= 15 is 0 Å². The molecule has 9 heteroatoms. The zero-order valence-electron chi connectivity index (χ0n) is 17.2. The van der Waals surface area contributed by atoms with E-state index in [4.69, 9.17) is 15.0 Å². The number of nitrogens with zero attached hydrogens (tertiary/aromatic N) is 3. The summed E-state index contributed by atoms with van der Waals surface area (Å²) in [6.45, 7) is 2.92. The van der Waals surface area contributed by atoms with E-state index in [0.717, 1.165) is 40.8 Å². The third-order valence-corrected chi connectivity index (χ3v) is 7.59. The molecule has 6 nitrogen and oxygen atoms in total. The molecular weight excluding hydrogens is 446 g/mol. The molecule has 0 amide bonds. The van der Waals surface area contributed by atoms with Gasteiger partial charge in [-0.05, 0) is 29.9 Å². The van der Waals surface area contributed by atoms with E-state index < -0.39 is 0 Å². The standard InChI is InChI=1S/C22H25N5OS3/c1-2-16(13-28)24-19-18-20(25-21(31-18)23-11-10-17-9-6-12-29-17)27-22(26-19)30-14-15-7-4-3-5-8-15/h3-9,12,16,28H,2,10-11,13-14H2,1H3,(H2,23,24,25,26,27). The molecule has 3 N–H and O–H groups in total. The van der Waals surface area contributed by atoms with Crippen LogP contribution in [-0.4, -0.2) is 39.3 Å². The molecule has 1 unspecified atom stereocenters. The smallest absolute Gasteiger partial charge is 0.191 e. The number of fused-ring (bicyclic) bond motifs is 1. The van der Waals surface area contributed by atoms with E-state index in [0.29, 0.717) is 10.8 Å². The van der Waals surface area contributed by atoms with Crippen molar-refractivity contribution in [1.29, 1.82) is 0 Å². The monoisotopic (exact) mass is 471 g/mol. The molecule has 3 aromatic heterocycles. The van der Waals surface area contributed by atoms with Gasteiger partial charge in [-0.25, -0.2) is 9.97 Å². The van der Waals surface area contributed by atoms with E-state index in [9.17, 15) is 5.11 Å². The van der Waals surface area contributed by atoms with Gasteiger partial charge in [0, 0.05) is 17.2 Å². The van der Waals surface area contributed by atoms with Crippen molar-refractivity contribution >= 4 is 55.7 Å². The highest BCUT2D eigenvalue weighted by molar-refractivity contribution is 7.98. The van der Waals surface area contributed by atoms with Gasteiger partial charge in [0.2, 0.25) is 0 Å². The number of thiazole rings is 1. The lowest BCUT2D eigenvalue weighted by Crippen LogP contribution is -2.23. The molecule has 0 bridgehead atoms. The molecule has 4 aromatic rings. The maximum absolute atomic E-state index is 9.66. The summed E-state index contributed by atoms with van der Waals surface area (Å²) >= 11 is 4.91. The van der Waals surface area contributed by atoms with E-state index in [1.807, 2.05) is 25.1 Å². The average Bonchev–Trinajstić information content (AvgIpc) is 3.46. The maximum Gasteiger partial charge on any atom is 0.191 e. The molecule has 4 rings (SSSR count). The fourth-order valence-corrected chi connectivity index (χ4v) is 5.37. The number of aliphatic hydroxyl groups excluding tert-OH is 1. The Morgan fingerprint density at radius 3 is 2.71 bits per heavy atom. The van der Waals surface area contributed by atoms with Crippen molar-refractivity contribution in [2.75, 3.05) is 23.8 Å². The van der Waals surface area contributed by atoms with Crippen LogP contribution in [0.5, 0.6) is 0 Å². The van der Waals surface area contributed by atoms with Crippen LogP contribution in [0.15, 0.2) is 53.0 Å². The van der Waals surface area contributed by atoms with Gasteiger partial charge >= 0.3 is 0 Å². The average molecular weight is 472 g/mol. The molecule has 1 aromatic carbocycles. The number of benzene rings is 1. The number of thiophene rings is 1. The molecule has 0 aliphatic rings. The SMILES string of the molecule is CCC(CO)Nc1nc(SCc2ccccc2)nc2nc(NCCc3cccs3)sc12. The molecule has 0 saturated carbocycles. The first-order valence-corrected chi connectivity index (χ1v) is 12.9. The van der Waals surface area contributed by atoms with E-state index in [1.54, 1.807) is 34.4 Å². The van der Waals surface area contributed by atoms with Gasteiger partial charge in [-0.1, -0.05) is 66.4 Å². The summed E-state index contributed by atoms with van der Waals surface area (Å²) in [6, 6.07) is 14.5. The molecule has 0 fully saturated rings. The molecule has 162 valence electrons. The summed E-state index contributed by atoms with van der Waals surface area (Å²) < 4.78 is 0.912. The van der Waals surface area contributed by atoms with Crippen LogP contribution in [0.3, 0.4) is 0 Å². The summed E-state index contributed by atoms with van der Waals surface area (Å²) in [5, 5.41) is 20.1. The summed E-state index contributed by atoms with van der Waals surface area (Å²) in [5.74, 6) is 1.53. The number of anilines is 2. The third kappa shape index (κ3) is 5.94. The Labute approximate surface area is 194 Å². The van der Waals surface area contributed by atoms with Gasteiger partial charge in [0.15, 0.2) is 21.8 Å². The highest BCUT2D eigenvalue weighted by Gasteiger charge is 2.16. The normalized spacial score (nSPS) is 12.2. The fourth-order valence-electron chi connectivity index (χ4n) is 2.98. The van der Waals surface area contributed by atoms with Gasteiger partial charge in [0.1, 0.15) is 4.70 Å². The molecule has 3 heterocycles. The molecule has 0 saturated heterocycles. The minimum Gasteiger partial charge on any atom is -0.394 e. The lowest BCUT2D eigenvalue weighted by atomic mass is 10.2. The predicted octanol–water partition coefficient (Wildman–Crippen LogP) is 5.28. The molecule has 0 spiro atoms. The van der Waals surface area contributed by atoms with Crippen LogP contribution < -0.4 is 10.6 Å². The van der Waals surface area contributed by atoms with Crippen molar-refractivity contribution in [2.45, 2.75) is 36.7 Å². The predicted molar refractivity (Wildman–Crippen MR) is 133 cm³/mol. The van der Waals surface area contributed by atoms with E-state index in [2.05, 4.69) is 40.3 Å². The zero-order valence-corrected chi connectivity index (χ0v) is 19.7. The number of nitrogens with one attached hydrogen (secondary N) is 2. The van der Waals surface area contributed by atoms with Crippen molar-refractivity contribution in [1.82, 2.24) is 15.0 Å². The van der Waals surface area contributed by atoms with Crippen LogP contribution in [0.25, 0.3) is 10.3 Å². The summed E-state index contributed by atoms with van der Waals surface area (Å²) in [6.07, 6.45) is 1.77. The van der Waals surface area contributed by atoms with Gasteiger partial charge < -0.3 is 15.7 Å². The lowest BCUT2D eigenvalue weighted by Gasteiger charge is -2.15. The first-order chi connectivity index (χ1) is 15.2. The number of aromatic nitrogens is 3. The Kier molecular flexibility index (Phi) is 7.74. The van der Waals surface area contributed by atoms with Crippen LogP contribution in [-0.2, 0) is 12.2 Å². The Bertz CT molecular complexity index is 1080. The molecule has 31 heavy (non-hydrogen) atoms. The van der Waals surface area contributed by atoms with Crippen LogP contribution in [0, 0.1) is 0 Å². The molecule has 0 radical (unpaired) electrons. The van der Waals surface area contributed by atoms with Crippen LogP contribution >= 0.6 is 34.4 Å². The summed E-state index contributed by atoms with van der Waals surface area (Å²) in [5.41, 5.74) is 1.91. The number of rotatable bonds is 11. The highest BCUT2D eigenvalue weighted by atomic mass is 32.2. The van der Waals surface area contributed by atoms with Crippen molar-refractivity contribution in [2.24, 2.45) is 0 Å². The van der Waals surface area contributed by atoms with Gasteiger partial charge in [0.25, 0.3) is 0 Å². The van der Waals surface area contributed by atoms with Crippen molar-refractivity contribution in [3.63, 3.8) is 0 Å². The zero-order chi connectivity index (χ0) is 21.5. The Hall–Kier alpha value is -2.20. The maximum atomic E-state index is 9.66.